The van der Waals surface area contributed by atoms with E-state index in [9.17, 15) is 9.59 Å². The molecule has 0 unspecified atom stereocenters. The number of anilines is 1. The topological polar surface area (TPSA) is 107 Å². The van der Waals surface area contributed by atoms with E-state index < -0.39 is 0 Å². The molecular weight excluding hydrogens is 558 g/mol. The summed E-state index contributed by atoms with van der Waals surface area (Å²) in [6.45, 7) is 4.36. The zero-order valence-corrected chi connectivity index (χ0v) is 23.8. The average molecular weight is 589 g/mol. The summed E-state index contributed by atoms with van der Waals surface area (Å²) in [6.07, 6.45) is 3.12. The van der Waals surface area contributed by atoms with E-state index in [1.54, 1.807) is 44.0 Å². The first-order valence-electron chi connectivity index (χ1n) is 11.5. The Balaban J connectivity index is 1.52. The van der Waals surface area contributed by atoms with E-state index in [2.05, 4.69) is 50.6 Å². The number of rotatable bonds is 11. The van der Waals surface area contributed by atoms with Crippen LogP contribution in [-0.2, 0) is 23.2 Å². The lowest BCUT2D eigenvalue weighted by Gasteiger charge is -2.14. The molecule has 0 aliphatic carbocycles. The highest BCUT2D eigenvalue weighted by Crippen LogP contribution is 2.29. The van der Waals surface area contributed by atoms with Crippen molar-refractivity contribution < 1.29 is 19.1 Å². The summed E-state index contributed by atoms with van der Waals surface area (Å²) in [7, 11) is 4.92. The van der Waals surface area contributed by atoms with Crippen LogP contribution in [0.4, 0.5) is 5.69 Å². The Bertz CT molecular complexity index is 1290. The van der Waals surface area contributed by atoms with Gasteiger partial charge in [0.2, 0.25) is 11.8 Å². The van der Waals surface area contributed by atoms with Gasteiger partial charge in [0, 0.05) is 23.3 Å². The van der Waals surface area contributed by atoms with Crippen LogP contribution >= 0.6 is 27.7 Å². The second kappa shape index (κ2) is 13.3. The third-order valence-corrected chi connectivity index (χ3v) is 6.94. The van der Waals surface area contributed by atoms with Crippen molar-refractivity contribution >= 4 is 51.3 Å². The number of ether oxygens (including phenoxy) is 2. The van der Waals surface area contributed by atoms with Crippen molar-refractivity contribution in [3.05, 3.63) is 63.9 Å². The fraction of sp³-hybridized carbons (Fsp3) is 0.308. The van der Waals surface area contributed by atoms with E-state index >= 15 is 0 Å². The Morgan fingerprint density at radius 2 is 1.86 bits per heavy atom. The predicted molar refractivity (Wildman–Crippen MR) is 149 cm³/mol. The second-order valence-electron chi connectivity index (χ2n) is 8.35. The third kappa shape index (κ3) is 7.83. The first kappa shape index (κ1) is 28.3. The van der Waals surface area contributed by atoms with Crippen LogP contribution in [0.1, 0.15) is 36.7 Å². The molecule has 0 aliphatic heterocycles. The lowest BCUT2D eigenvalue weighted by atomic mass is 10.0. The lowest BCUT2D eigenvalue weighted by Crippen LogP contribution is -2.22. The van der Waals surface area contributed by atoms with Crippen molar-refractivity contribution in [3.63, 3.8) is 0 Å². The number of carbonyl (C=O) groups excluding carboxylic acids is 2. The van der Waals surface area contributed by atoms with Crippen LogP contribution in [0.15, 0.2) is 52.1 Å². The molecule has 0 aliphatic rings. The standard InChI is InChI=1S/C26H30BrN5O4S/c1-16(2)19-13-18(27)8-9-20(19)29-25(34)15-37-26-31-30-23(32(26)3)14-28-24(33)11-7-17-6-10-21(35-4)22(12-17)36-5/h6-13,16H,14-15H2,1-5H3,(H,28,33)(H,29,34). The van der Waals surface area contributed by atoms with E-state index in [-0.39, 0.29) is 30.0 Å². The monoisotopic (exact) mass is 587 g/mol. The van der Waals surface area contributed by atoms with Crippen LogP contribution in [0.2, 0.25) is 0 Å². The van der Waals surface area contributed by atoms with Gasteiger partial charge in [-0.05, 0) is 53.5 Å². The molecule has 1 aromatic heterocycles. The molecular formula is C26H30BrN5O4S. The van der Waals surface area contributed by atoms with Crippen molar-refractivity contribution in [3.8, 4) is 11.5 Å². The van der Waals surface area contributed by atoms with Crippen molar-refractivity contribution in [2.75, 3.05) is 25.3 Å². The highest BCUT2D eigenvalue weighted by molar-refractivity contribution is 9.10. The van der Waals surface area contributed by atoms with Gasteiger partial charge < -0.3 is 24.7 Å². The van der Waals surface area contributed by atoms with Crippen LogP contribution in [0.25, 0.3) is 6.08 Å². The molecule has 3 aromatic rings. The molecule has 0 fully saturated rings. The Hall–Kier alpha value is -3.31. The molecule has 0 spiro atoms. The fourth-order valence-electron chi connectivity index (χ4n) is 3.42. The smallest absolute Gasteiger partial charge is 0.244 e. The number of hydrogen-bond donors (Lipinski definition) is 2. The Morgan fingerprint density at radius 1 is 1.11 bits per heavy atom. The number of carbonyl (C=O) groups is 2. The van der Waals surface area contributed by atoms with Crippen LogP contribution in [-0.4, -0.2) is 46.6 Å². The zero-order chi connectivity index (χ0) is 26.9. The summed E-state index contributed by atoms with van der Waals surface area (Å²) in [5.74, 6) is 1.82. The van der Waals surface area contributed by atoms with Crippen LogP contribution in [0.5, 0.6) is 11.5 Å². The van der Waals surface area contributed by atoms with Gasteiger partial charge in [-0.2, -0.15) is 0 Å². The Kier molecular flexibility index (Phi) is 10.2. The maximum absolute atomic E-state index is 12.6. The summed E-state index contributed by atoms with van der Waals surface area (Å²) >= 11 is 4.76. The number of methoxy groups -OCH3 is 2. The fourth-order valence-corrected chi connectivity index (χ4v) is 4.53. The van der Waals surface area contributed by atoms with Crippen molar-refractivity contribution in [1.82, 2.24) is 20.1 Å². The van der Waals surface area contributed by atoms with Crippen LogP contribution in [0.3, 0.4) is 0 Å². The number of hydrogen-bond acceptors (Lipinski definition) is 7. The molecule has 2 N–H and O–H groups in total. The normalized spacial score (nSPS) is 11.1. The number of amides is 2. The molecule has 3 rings (SSSR count). The summed E-state index contributed by atoms with van der Waals surface area (Å²) in [5.41, 5.74) is 2.66. The quantitative estimate of drug-likeness (QED) is 0.245. The summed E-state index contributed by atoms with van der Waals surface area (Å²) in [4.78, 5) is 24.9. The third-order valence-electron chi connectivity index (χ3n) is 5.42. The highest BCUT2D eigenvalue weighted by Gasteiger charge is 2.14. The largest absolute Gasteiger partial charge is 0.493 e. The zero-order valence-electron chi connectivity index (χ0n) is 21.4. The summed E-state index contributed by atoms with van der Waals surface area (Å²) in [6, 6.07) is 11.2. The Morgan fingerprint density at radius 3 is 2.57 bits per heavy atom. The highest BCUT2D eigenvalue weighted by atomic mass is 79.9. The predicted octanol–water partition coefficient (Wildman–Crippen LogP) is 4.78. The molecule has 0 saturated heterocycles. The van der Waals surface area contributed by atoms with Gasteiger partial charge in [0.25, 0.3) is 0 Å². The minimum atomic E-state index is -0.276. The average Bonchev–Trinajstić information content (AvgIpc) is 3.24. The van der Waals surface area contributed by atoms with Gasteiger partial charge in [0.15, 0.2) is 22.5 Å². The number of aromatic nitrogens is 3. The van der Waals surface area contributed by atoms with E-state index in [0.29, 0.717) is 22.5 Å². The number of nitrogens with zero attached hydrogens (tertiary/aromatic N) is 3. The maximum atomic E-state index is 12.6. The molecule has 0 bridgehead atoms. The number of nitrogens with one attached hydrogen (secondary N) is 2. The molecule has 2 amide bonds. The van der Waals surface area contributed by atoms with Gasteiger partial charge in [-0.25, -0.2) is 0 Å². The molecule has 0 saturated carbocycles. The molecule has 2 aromatic carbocycles. The number of thioether (sulfide) groups is 1. The lowest BCUT2D eigenvalue weighted by molar-refractivity contribution is -0.116. The Labute approximate surface area is 229 Å². The van der Waals surface area contributed by atoms with Gasteiger partial charge in [0.1, 0.15) is 0 Å². The van der Waals surface area contributed by atoms with Gasteiger partial charge in [-0.3, -0.25) is 9.59 Å². The summed E-state index contributed by atoms with van der Waals surface area (Å²) in [5, 5.41) is 14.7. The first-order valence-corrected chi connectivity index (χ1v) is 13.3. The molecule has 196 valence electrons. The maximum Gasteiger partial charge on any atom is 0.244 e. The van der Waals surface area contributed by atoms with E-state index in [4.69, 9.17) is 9.47 Å². The minimum absolute atomic E-state index is 0.132. The van der Waals surface area contributed by atoms with E-state index in [1.807, 2.05) is 24.3 Å². The molecule has 0 radical (unpaired) electrons. The molecule has 1 heterocycles. The van der Waals surface area contributed by atoms with E-state index in [1.165, 1.54) is 17.8 Å². The molecule has 37 heavy (non-hydrogen) atoms. The SMILES string of the molecule is COc1ccc(C=CC(=O)NCc2nnc(SCC(=O)Nc3ccc(Br)cc3C(C)C)n2C)cc1OC. The van der Waals surface area contributed by atoms with E-state index in [0.717, 1.165) is 21.3 Å². The molecule has 0 atom stereocenters. The van der Waals surface area contributed by atoms with Gasteiger partial charge in [-0.15, -0.1) is 10.2 Å². The number of halogens is 1. The molecule has 11 heteroatoms. The van der Waals surface area contributed by atoms with Crippen LogP contribution in [0, 0.1) is 0 Å². The van der Waals surface area contributed by atoms with Crippen molar-refractivity contribution in [1.29, 1.82) is 0 Å². The van der Waals surface area contributed by atoms with Crippen molar-refractivity contribution in [2.45, 2.75) is 31.5 Å². The van der Waals surface area contributed by atoms with Crippen molar-refractivity contribution in [2.24, 2.45) is 7.05 Å². The van der Waals surface area contributed by atoms with Gasteiger partial charge >= 0.3 is 0 Å². The summed E-state index contributed by atoms with van der Waals surface area (Å²) < 4.78 is 13.2. The minimum Gasteiger partial charge on any atom is -0.493 e. The first-order chi connectivity index (χ1) is 17.7. The number of benzene rings is 2. The van der Waals surface area contributed by atoms with Gasteiger partial charge in [0.05, 0.1) is 26.5 Å². The second-order valence-corrected chi connectivity index (χ2v) is 10.2. The van der Waals surface area contributed by atoms with Gasteiger partial charge in [-0.1, -0.05) is 47.6 Å². The molecule has 9 nitrogen and oxygen atoms in total. The van der Waals surface area contributed by atoms with Crippen LogP contribution < -0.4 is 20.1 Å².